The standard InChI is InChI=1S/CHN5/c2-1-4-6-5-3/h2H. The van der Waals surface area contributed by atoms with Gasteiger partial charge >= 0.3 is 0 Å². The lowest BCUT2D eigenvalue weighted by atomic mass is 11.6. The van der Waals surface area contributed by atoms with Crippen molar-refractivity contribution in [3.63, 3.8) is 0 Å². The van der Waals surface area contributed by atoms with Gasteiger partial charge in [0.15, 0.2) is 0 Å². The summed E-state index contributed by atoms with van der Waals surface area (Å²) in [7, 11) is 0. The highest BCUT2D eigenvalue weighted by atomic mass is 15.4. The summed E-state index contributed by atoms with van der Waals surface area (Å²) < 4.78 is 0. The number of rotatable bonds is 1. The Morgan fingerprint density at radius 2 is 2.50 bits per heavy atom. The average Bonchev–Trinajstić information content (AvgIpc) is 1.61. The highest BCUT2D eigenvalue weighted by molar-refractivity contribution is 5.34. The maximum Gasteiger partial charge on any atom is 0.235 e. The van der Waals surface area contributed by atoms with Gasteiger partial charge in [0.2, 0.25) is 6.01 Å². The second kappa shape index (κ2) is 3.69. The summed E-state index contributed by atoms with van der Waals surface area (Å²) >= 11 is 0. The molecule has 0 atom stereocenters. The van der Waals surface area contributed by atoms with Gasteiger partial charge in [0.25, 0.3) is 0 Å². The molecule has 1 N–H and O–H groups in total. The molecular formula is CHN5. The maximum absolute atomic E-state index is 7.44. The summed E-state index contributed by atoms with van der Waals surface area (Å²) in [6.45, 7) is 0. The zero-order chi connectivity index (χ0) is 4.83. The van der Waals surface area contributed by atoms with Crippen molar-refractivity contribution in [3.8, 4) is 0 Å². The minimum absolute atomic E-state index is 1.52. The van der Waals surface area contributed by atoms with Crippen LogP contribution in [0.15, 0.2) is 10.3 Å². The van der Waals surface area contributed by atoms with Crippen LogP contribution in [0.4, 0.5) is 0 Å². The van der Waals surface area contributed by atoms with Gasteiger partial charge in [-0.1, -0.05) is 0 Å². The van der Waals surface area contributed by atoms with E-state index in [0.717, 1.165) is 0 Å². The molecule has 0 bridgehead atoms. The van der Waals surface area contributed by atoms with Gasteiger partial charge in [-0.15, -0.1) is 5.53 Å². The molecule has 0 aromatic carbocycles. The third kappa shape index (κ3) is 2.69. The Kier molecular flexibility index (Phi) is 2.88. The van der Waals surface area contributed by atoms with Gasteiger partial charge in [-0.05, 0) is 0 Å². The third-order valence-electron chi connectivity index (χ3n) is 0.135. The van der Waals surface area contributed by atoms with Crippen molar-refractivity contribution >= 4 is 6.01 Å². The molecule has 0 fully saturated rings. The van der Waals surface area contributed by atoms with Crippen LogP contribution in [0.2, 0.25) is 0 Å². The lowest BCUT2D eigenvalue weighted by Gasteiger charge is -1.44. The van der Waals surface area contributed by atoms with E-state index in [1.807, 2.05) is 0 Å². The Bertz CT molecular complexity index is 95.9. The van der Waals surface area contributed by atoms with E-state index in [1.54, 1.807) is 0 Å². The number of azide groups is 1. The molecular weight excluding hydrogens is 82.0 g/mol. The van der Waals surface area contributed by atoms with E-state index in [0.29, 0.717) is 0 Å². The van der Waals surface area contributed by atoms with Crippen LogP contribution < -0.4 is 0 Å². The molecule has 0 amide bonds. The molecule has 0 radical (unpaired) electrons. The molecule has 0 saturated heterocycles. The fourth-order valence-electron chi connectivity index (χ4n) is 0.0424. The second-order valence-electron chi connectivity index (χ2n) is 0.391. The van der Waals surface area contributed by atoms with E-state index in [-0.39, 0.29) is 0 Å². The van der Waals surface area contributed by atoms with Crippen molar-refractivity contribution in [2.75, 3.05) is 0 Å². The highest BCUT2D eigenvalue weighted by Crippen LogP contribution is 1.62. The Morgan fingerprint density at radius 1 is 1.83 bits per heavy atom. The largest absolute Gasteiger partial charge is 0.235 e. The van der Waals surface area contributed by atoms with Crippen molar-refractivity contribution in [2.24, 2.45) is 10.3 Å². The minimum atomic E-state index is 1.52. The van der Waals surface area contributed by atoms with Crippen molar-refractivity contribution < 1.29 is 0 Å². The summed E-state index contributed by atoms with van der Waals surface area (Å²) in [5, 5.41) is 11.3. The quantitative estimate of drug-likeness (QED) is 0.161. The first kappa shape index (κ1) is 4.69. The van der Waals surface area contributed by atoms with Crippen molar-refractivity contribution in [1.82, 2.24) is 0 Å². The van der Waals surface area contributed by atoms with Crippen LogP contribution in [-0.2, 0) is 0 Å². The van der Waals surface area contributed by atoms with Crippen molar-refractivity contribution in [3.05, 3.63) is 10.4 Å². The summed E-state index contributed by atoms with van der Waals surface area (Å²) in [6, 6.07) is 1.52. The van der Waals surface area contributed by atoms with Gasteiger partial charge in [0.05, 0.1) is 0 Å². The molecule has 0 aliphatic rings. The van der Waals surface area contributed by atoms with Crippen LogP contribution in [-0.4, -0.2) is 6.01 Å². The molecule has 5 heteroatoms. The van der Waals surface area contributed by atoms with E-state index in [1.165, 1.54) is 6.01 Å². The summed E-state index contributed by atoms with van der Waals surface area (Å²) in [4.78, 5) is 2.20. The molecule has 5 nitrogen and oxygen atoms in total. The molecule has 0 aliphatic heterocycles. The Labute approximate surface area is 33.4 Å². The first-order valence-electron chi connectivity index (χ1n) is 1.07. The zero-order valence-electron chi connectivity index (χ0n) is 2.79. The van der Waals surface area contributed by atoms with Gasteiger partial charge in [0.1, 0.15) is 0 Å². The van der Waals surface area contributed by atoms with E-state index >= 15 is 0 Å². The molecule has 0 aromatic rings. The van der Waals surface area contributed by atoms with Crippen LogP contribution in [0.3, 0.4) is 0 Å². The minimum Gasteiger partial charge on any atom is -0.218 e. The predicted molar refractivity (Wildman–Crippen MR) is 19.3 cm³/mol. The molecule has 0 spiro atoms. The SMILES string of the molecule is [N-]=[N+]=NN=C=N. The van der Waals surface area contributed by atoms with Crippen LogP contribution in [0, 0.1) is 5.41 Å². The molecule has 0 aromatic heterocycles. The van der Waals surface area contributed by atoms with E-state index < -0.39 is 0 Å². The number of hydrogen-bond acceptors (Lipinski definition) is 2. The summed E-state index contributed by atoms with van der Waals surface area (Å²) in [5.74, 6) is 0. The Morgan fingerprint density at radius 3 is 2.67 bits per heavy atom. The number of nitrogens with one attached hydrogen (secondary N) is 1. The summed E-state index contributed by atoms with van der Waals surface area (Å²) in [6.07, 6.45) is 0. The first-order chi connectivity index (χ1) is 2.91. The first-order valence-corrected chi connectivity index (χ1v) is 1.07. The monoisotopic (exact) mass is 83.0 g/mol. The average molecular weight is 83.1 g/mol. The van der Waals surface area contributed by atoms with Crippen LogP contribution in [0.5, 0.6) is 0 Å². The van der Waals surface area contributed by atoms with Crippen molar-refractivity contribution in [2.45, 2.75) is 0 Å². The number of hydrogen-bond donors (Lipinski definition) is 1. The van der Waals surface area contributed by atoms with Gasteiger partial charge in [-0.2, -0.15) is 4.91 Å². The van der Waals surface area contributed by atoms with E-state index in [9.17, 15) is 0 Å². The lowest BCUT2D eigenvalue weighted by molar-refractivity contribution is 1.21. The smallest absolute Gasteiger partial charge is 0.218 e. The van der Waals surface area contributed by atoms with Crippen LogP contribution >= 0.6 is 0 Å². The normalized spacial score (nSPS) is 4.67. The maximum atomic E-state index is 7.44. The lowest BCUT2D eigenvalue weighted by Crippen LogP contribution is -1.36. The highest BCUT2D eigenvalue weighted by Gasteiger charge is 1.49. The third-order valence-corrected chi connectivity index (χ3v) is 0.135. The fraction of sp³-hybridized carbons (Fsp3) is 0. The molecule has 30 valence electrons. The van der Waals surface area contributed by atoms with Crippen LogP contribution in [0.25, 0.3) is 10.4 Å². The molecule has 0 unspecified atom stereocenters. The topological polar surface area (TPSA) is 85.0 Å². The van der Waals surface area contributed by atoms with Crippen LogP contribution in [0.1, 0.15) is 0 Å². The van der Waals surface area contributed by atoms with Gasteiger partial charge in [-0.3, -0.25) is 0 Å². The Hall–Kier alpha value is -1.31. The van der Waals surface area contributed by atoms with Gasteiger partial charge < -0.3 is 0 Å². The molecule has 0 saturated carbocycles. The predicted octanol–water partition coefficient (Wildman–Crippen LogP) is 0.964. The molecule has 0 aliphatic carbocycles. The summed E-state index contributed by atoms with van der Waals surface area (Å²) in [5.41, 5.74) is 7.44. The second-order valence-corrected chi connectivity index (χ2v) is 0.391. The van der Waals surface area contributed by atoms with E-state index in [4.69, 9.17) is 10.9 Å². The molecule has 0 heterocycles. The molecule has 6 heavy (non-hydrogen) atoms. The van der Waals surface area contributed by atoms with Crippen molar-refractivity contribution in [1.29, 1.82) is 5.41 Å². The Balaban J connectivity index is 3.64. The van der Waals surface area contributed by atoms with Gasteiger partial charge in [-0.25, -0.2) is 5.41 Å². The molecule has 0 rings (SSSR count). The fourth-order valence-corrected chi connectivity index (χ4v) is 0.0424. The van der Waals surface area contributed by atoms with Gasteiger partial charge in [0, 0.05) is 10.3 Å². The number of nitrogens with zero attached hydrogens (tertiary/aromatic N) is 4. The zero-order valence-corrected chi connectivity index (χ0v) is 2.79. The van der Waals surface area contributed by atoms with E-state index in [2.05, 4.69) is 15.2 Å².